The van der Waals surface area contributed by atoms with Crippen molar-refractivity contribution >= 4 is 34.8 Å². The minimum atomic E-state index is 0.00693. The smallest absolute Gasteiger partial charge is 0.137 e. The van der Waals surface area contributed by atoms with E-state index in [9.17, 15) is 0 Å². The molecule has 2 aromatic rings. The maximum absolute atomic E-state index is 6.28. The van der Waals surface area contributed by atoms with Crippen molar-refractivity contribution in [3.63, 3.8) is 0 Å². The Morgan fingerprint density at radius 2 is 2.19 bits per heavy atom. The molecule has 0 aliphatic carbocycles. The van der Waals surface area contributed by atoms with Crippen LogP contribution in [0, 0.1) is 0 Å². The summed E-state index contributed by atoms with van der Waals surface area (Å²) in [5.41, 5.74) is 0.941. The lowest BCUT2D eigenvalue weighted by Gasteiger charge is -2.19. The minimum Gasteiger partial charge on any atom is -0.375 e. The van der Waals surface area contributed by atoms with E-state index >= 15 is 0 Å². The van der Waals surface area contributed by atoms with Crippen LogP contribution in [0.3, 0.4) is 0 Å². The lowest BCUT2D eigenvalue weighted by molar-refractivity contribution is 0.137. The molecule has 0 saturated carbocycles. The molecule has 0 radical (unpaired) electrons. The molecule has 1 heterocycles. The van der Waals surface area contributed by atoms with Crippen LogP contribution in [0.15, 0.2) is 42.5 Å². The van der Waals surface area contributed by atoms with E-state index in [0.717, 1.165) is 5.56 Å². The van der Waals surface area contributed by atoms with E-state index in [0.29, 0.717) is 34.8 Å². The van der Waals surface area contributed by atoms with Crippen molar-refractivity contribution in [2.45, 2.75) is 12.5 Å². The largest absolute Gasteiger partial charge is 0.375 e. The number of nitrogens with zero attached hydrogens (tertiary/aromatic N) is 3. The Morgan fingerprint density at radius 1 is 1.38 bits per heavy atom. The van der Waals surface area contributed by atoms with Gasteiger partial charge in [-0.1, -0.05) is 47.4 Å². The Balaban J connectivity index is 2.15. The van der Waals surface area contributed by atoms with E-state index in [1.54, 1.807) is 23.1 Å². The monoisotopic (exact) mass is 345 g/mol. The predicted molar refractivity (Wildman–Crippen MR) is 85.0 cm³/mol. The summed E-state index contributed by atoms with van der Waals surface area (Å²) in [4.78, 5) is 3.94. The summed E-state index contributed by atoms with van der Waals surface area (Å²) in [6, 6.07) is 5.41. The number of ether oxygens (including phenoxy) is 1. The third-order valence-electron chi connectivity index (χ3n) is 2.85. The van der Waals surface area contributed by atoms with Crippen LogP contribution in [0.4, 0.5) is 0 Å². The van der Waals surface area contributed by atoms with Crippen LogP contribution in [0.5, 0.6) is 0 Å². The fourth-order valence-corrected chi connectivity index (χ4v) is 2.58. The molecule has 1 aromatic carbocycles. The third kappa shape index (κ3) is 5.00. The van der Waals surface area contributed by atoms with Gasteiger partial charge in [-0.05, 0) is 17.7 Å². The highest BCUT2D eigenvalue weighted by molar-refractivity contribution is 6.35. The number of rotatable bonds is 7. The van der Waals surface area contributed by atoms with Crippen molar-refractivity contribution in [2.75, 3.05) is 13.2 Å². The van der Waals surface area contributed by atoms with Crippen LogP contribution in [-0.2, 0) is 11.3 Å². The summed E-state index contributed by atoms with van der Waals surface area (Å²) in [5, 5.41) is 5.76. The highest BCUT2D eigenvalue weighted by Gasteiger charge is 2.17. The van der Waals surface area contributed by atoms with Crippen LogP contribution < -0.4 is 0 Å². The molecular formula is C14H14Cl3N3O. The SMILES string of the molecule is C=C(Cl)COCC(Cn1cncn1)c1ccc(Cl)cc1Cl. The molecular weight excluding hydrogens is 333 g/mol. The molecule has 7 heteroatoms. The number of hydrogen-bond donors (Lipinski definition) is 0. The zero-order chi connectivity index (χ0) is 15.2. The first-order valence-electron chi connectivity index (χ1n) is 6.24. The molecule has 1 aromatic heterocycles. The molecule has 2 rings (SSSR count). The van der Waals surface area contributed by atoms with Crippen molar-refractivity contribution in [1.29, 1.82) is 0 Å². The number of aromatic nitrogens is 3. The molecule has 1 atom stereocenters. The van der Waals surface area contributed by atoms with Crippen molar-refractivity contribution in [3.8, 4) is 0 Å². The van der Waals surface area contributed by atoms with Gasteiger partial charge in [-0.2, -0.15) is 5.10 Å². The molecule has 0 saturated heterocycles. The van der Waals surface area contributed by atoms with E-state index < -0.39 is 0 Å². The fourth-order valence-electron chi connectivity index (χ4n) is 1.94. The maximum atomic E-state index is 6.28. The summed E-state index contributed by atoms with van der Waals surface area (Å²) in [6.45, 7) is 4.92. The van der Waals surface area contributed by atoms with Crippen molar-refractivity contribution in [3.05, 3.63) is 58.1 Å². The molecule has 0 aliphatic heterocycles. The lowest BCUT2D eigenvalue weighted by atomic mass is 10.00. The zero-order valence-corrected chi connectivity index (χ0v) is 13.4. The van der Waals surface area contributed by atoms with Gasteiger partial charge in [0.15, 0.2) is 0 Å². The molecule has 0 amide bonds. The number of hydrogen-bond acceptors (Lipinski definition) is 3. The first-order chi connectivity index (χ1) is 10.1. The Kier molecular flexibility index (Phi) is 6.06. The van der Waals surface area contributed by atoms with Crippen molar-refractivity contribution in [2.24, 2.45) is 0 Å². The van der Waals surface area contributed by atoms with Crippen LogP contribution in [-0.4, -0.2) is 28.0 Å². The molecule has 1 unspecified atom stereocenters. The topological polar surface area (TPSA) is 39.9 Å². The highest BCUT2D eigenvalue weighted by atomic mass is 35.5. The predicted octanol–water partition coefficient (Wildman–Crippen LogP) is 4.14. The Hall–Kier alpha value is -1.07. The van der Waals surface area contributed by atoms with Crippen LogP contribution in [0.1, 0.15) is 11.5 Å². The summed E-state index contributed by atoms with van der Waals surface area (Å²) in [5.74, 6) is 0.00693. The van der Waals surface area contributed by atoms with E-state index in [2.05, 4.69) is 16.7 Å². The van der Waals surface area contributed by atoms with Gasteiger partial charge < -0.3 is 4.74 Å². The molecule has 0 N–H and O–H groups in total. The zero-order valence-electron chi connectivity index (χ0n) is 11.2. The summed E-state index contributed by atoms with van der Waals surface area (Å²) < 4.78 is 7.29. The average Bonchev–Trinajstić information content (AvgIpc) is 2.90. The summed E-state index contributed by atoms with van der Waals surface area (Å²) in [7, 11) is 0. The Bertz CT molecular complexity index is 602. The molecule has 0 fully saturated rings. The fraction of sp³-hybridized carbons (Fsp3) is 0.286. The van der Waals surface area contributed by atoms with Crippen LogP contribution in [0.25, 0.3) is 0 Å². The van der Waals surface area contributed by atoms with Crippen LogP contribution >= 0.6 is 34.8 Å². The molecule has 0 bridgehead atoms. The second kappa shape index (κ2) is 7.80. The highest BCUT2D eigenvalue weighted by Crippen LogP contribution is 2.29. The van der Waals surface area contributed by atoms with Gasteiger partial charge in [0.05, 0.1) is 19.8 Å². The number of halogens is 3. The second-order valence-corrected chi connectivity index (χ2v) is 5.89. The molecule has 0 aliphatic rings. The van der Waals surface area contributed by atoms with Crippen molar-refractivity contribution in [1.82, 2.24) is 14.8 Å². The van der Waals surface area contributed by atoms with Gasteiger partial charge in [0, 0.05) is 21.0 Å². The third-order valence-corrected chi connectivity index (χ3v) is 3.53. The Morgan fingerprint density at radius 3 is 2.81 bits per heavy atom. The van der Waals surface area contributed by atoms with E-state index in [4.69, 9.17) is 39.5 Å². The van der Waals surface area contributed by atoms with Gasteiger partial charge in [0.1, 0.15) is 12.7 Å². The quantitative estimate of drug-likeness (QED) is 0.756. The minimum absolute atomic E-state index is 0.00693. The summed E-state index contributed by atoms with van der Waals surface area (Å²) >= 11 is 17.9. The molecule has 21 heavy (non-hydrogen) atoms. The van der Waals surface area contributed by atoms with E-state index in [1.807, 2.05) is 6.07 Å². The lowest BCUT2D eigenvalue weighted by Crippen LogP contribution is -2.16. The van der Waals surface area contributed by atoms with Crippen LogP contribution in [0.2, 0.25) is 10.0 Å². The molecule has 112 valence electrons. The second-order valence-electron chi connectivity index (χ2n) is 4.51. The Labute approximate surface area is 138 Å². The first-order valence-corrected chi connectivity index (χ1v) is 7.38. The number of benzene rings is 1. The van der Waals surface area contributed by atoms with Gasteiger partial charge in [0.25, 0.3) is 0 Å². The first kappa shape index (κ1) is 16.3. The standard InChI is InChI=1S/C14H14Cl3N3O/c1-10(15)6-21-7-11(5-20-9-18-8-19-20)13-3-2-12(16)4-14(13)17/h2-4,8-9,11H,1,5-7H2. The van der Waals surface area contributed by atoms with E-state index in [1.165, 1.54) is 6.33 Å². The molecule has 4 nitrogen and oxygen atoms in total. The molecule has 0 spiro atoms. The van der Waals surface area contributed by atoms with Crippen molar-refractivity contribution < 1.29 is 4.74 Å². The summed E-state index contributed by atoms with van der Waals surface area (Å²) in [6.07, 6.45) is 3.14. The maximum Gasteiger partial charge on any atom is 0.137 e. The van der Waals surface area contributed by atoms with Gasteiger partial charge in [-0.15, -0.1) is 0 Å². The van der Waals surface area contributed by atoms with Gasteiger partial charge >= 0.3 is 0 Å². The normalized spacial score (nSPS) is 12.3. The average molecular weight is 347 g/mol. The van der Waals surface area contributed by atoms with E-state index in [-0.39, 0.29) is 5.92 Å². The van der Waals surface area contributed by atoms with Gasteiger partial charge in [-0.3, -0.25) is 4.68 Å². The van der Waals surface area contributed by atoms with Gasteiger partial charge in [-0.25, -0.2) is 4.98 Å². The van der Waals surface area contributed by atoms with Gasteiger partial charge in [0.2, 0.25) is 0 Å².